The number of imidazole rings is 1. The van der Waals surface area contributed by atoms with Crippen molar-refractivity contribution < 1.29 is 9.72 Å². The van der Waals surface area contributed by atoms with Crippen molar-refractivity contribution in [3.05, 3.63) is 21.9 Å². The Hall–Kier alpha value is -3.22. The van der Waals surface area contributed by atoms with E-state index >= 15 is 0 Å². The number of hydrogen-bond donors (Lipinski definition) is 1. The van der Waals surface area contributed by atoms with Crippen LogP contribution in [0.1, 0.15) is 5.56 Å². The minimum Gasteiger partial charge on any atom is -0.358 e. The van der Waals surface area contributed by atoms with Gasteiger partial charge in [0.2, 0.25) is 6.41 Å². The van der Waals surface area contributed by atoms with Crippen LogP contribution in [0.5, 0.6) is 0 Å². The summed E-state index contributed by atoms with van der Waals surface area (Å²) in [5.74, 6) is 0.144. The molecule has 0 aliphatic carbocycles. The smallest absolute Gasteiger partial charge is 0.342 e. The molecule has 0 spiro atoms. The molecule has 0 unspecified atom stereocenters. The van der Waals surface area contributed by atoms with Crippen LogP contribution in [0.4, 0.5) is 11.6 Å². The lowest BCUT2D eigenvalue weighted by Gasteiger charge is -1.97. The average molecular weight is 275 g/mol. The van der Waals surface area contributed by atoms with E-state index < -0.39 is 4.92 Å². The highest BCUT2D eigenvalue weighted by molar-refractivity contribution is 5.78. The zero-order valence-electron chi connectivity index (χ0n) is 10.6. The largest absolute Gasteiger partial charge is 0.358 e. The highest BCUT2D eigenvalue weighted by atomic mass is 16.6. The van der Waals surface area contributed by atoms with Gasteiger partial charge in [-0.1, -0.05) is 0 Å². The van der Waals surface area contributed by atoms with E-state index in [0.717, 1.165) is 6.20 Å². The number of aromatic nitrogens is 4. The molecule has 0 bridgehead atoms. The molecule has 0 aliphatic heterocycles. The molecular weight excluding hydrogens is 266 g/mol. The minimum absolute atomic E-state index is 0.0863. The Balaban J connectivity index is 2.65. The summed E-state index contributed by atoms with van der Waals surface area (Å²) in [7, 11) is 2.98. The molecule has 0 aromatic carbocycles. The SMILES string of the molecule is Cn1nc(-c2ncc([N+](=O)[O-])n2C)c(C#N)c1NC=O. The number of rotatable bonds is 4. The Morgan fingerprint density at radius 2 is 2.25 bits per heavy atom. The number of carbonyl (C=O) groups excluding carboxylic acids is 1. The number of nitrogens with one attached hydrogen (secondary N) is 1. The van der Waals surface area contributed by atoms with Crippen LogP contribution >= 0.6 is 0 Å². The number of amides is 1. The second-order valence-corrected chi connectivity index (χ2v) is 3.83. The highest BCUT2D eigenvalue weighted by Crippen LogP contribution is 2.28. The lowest BCUT2D eigenvalue weighted by molar-refractivity contribution is -0.391. The molecule has 2 aromatic rings. The first-order valence-electron chi connectivity index (χ1n) is 5.35. The van der Waals surface area contributed by atoms with Crippen LogP contribution in [0.15, 0.2) is 6.20 Å². The number of nitriles is 1. The molecule has 2 heterocycles. The summed E-state index contributed by atoms with van der Waals surface area (Å²) in [5.41, 5.74) is 0.248. The van der Waals surface area contributed by atoms with Crippen molar-refractivity contribution in [2.45, 2.75) is 0 Å². The van der Waals surface area contributed by atoms with Crippen LogP contribution in [0.25, 0.3) is 11.5 Å². The van der Waals surface area contributed by atoms with Gasteiger partial charge in [0.15, 0.2) is 5.69 Å². The van der Waals surface area contributed by atoms with Crippen molar-refractivity contribution in [3.8, 4) is 17.6 Å². The first-order chi connectivity index (χ1) is 9.51. The summed E-state index contributed by atoms with van der Waals surface area (Å²) < 4.78 is 2.51. The molecule has 2 aromatic heterocycles. The van der Waals surface area contributed by atoms with Crippen LogP contribution < -0.4 is 5.32 Å². The quantitative estimate of drug-likeness (QED) is 0.480. The third-order valence-electron chi connectivity index (χ3n) is 2.72. The Morgan fingerprint density at radius 1 is 1.55 bits per heavy atom. The van der Waals surface area contributed by atoms with Gasteiger partial charge >= 0.3 is 5.82 Å². The van der Waals surface area contributed by atoms with Gasteiger partial charge in [0.25, 0.3) is 5.82 Å². The number of nitro groups is 1. The van der Waals surface area contributed by atoms with Gasteiger partial charge in [-0.25, -0.2) is 9.55 Å². The molecule has 0 radical (unpaired) electrons. The molecule has 2 rings (SSSR count). The van der Waals surface area contributed by atoms with E-state index in [4.69, 9.17) is 0 Å². The number of anilines is 1. The van der Waals surface area contributed by atoms with Crippen molar-refractivity contribution in [2.75, 3.05) is 5.32 Å². The first-order valence-corrected chi connectivity index (χ1v) is 5.35. The maximum Gasteiger partial charge on any atom is 0.342 e. The fraction of sp³-hybridized carbons (Fsp3) is 0.200. The third-order valence-corrected chi connectivity index (χ3v) is 2.72. The number of nitrogens with zero attached hydrogens (tertiary/aromatic N) is 6. The van der Waals surface area contributed by atoms with E-state index in [1.165, 1.54) is 23.3 Å². The second-order valence-electron chi connectivity index (χ2n) is 3.83. The molecular formula is C10H9N7O3. The molecule has 10 nitrogen and oxygen atoms in total. The van der Waals surface area contributed by atoms with Crippen molar-refractivity contribution in [2.24, 2.45) is 14.1 Å². The Kier molecular flexibility index (Phi) is 3.18. The summed E-state index contributed by atoms with van der Waals surface area (Å²) in [6, 6.07) is 1.91. The Bertz CT molecular complexity index is 737. The van der Waals surface area contributed by atoms with E-state index in [1.54, 1.807) is 0 Å². The van der Waals surface area contributed by atoms with E-state index in [0.29, 0.717) is 6.41 Å². The van der Waals surface area contributed by atoms with Gasteiger partial charge in [-0.3, -0.25) is 9.48 Å². The van der Waals surface area contributed by atoms with E-state index in [-0.39, 0.29) is 28.7 Å². The zero-order valence-corrected chi connectivity index (χ0v) is 10.6. The molecule has 0 atom stereocenters. The van der Waals surface area contributed by atoms with Crippen molar-refractivity contribution in [1.29, 1.82) is 5.26 Å². The lowest BCUT2D eigenvalue weighted by atomic mass is 10.2. The van der Waals surface area contributed by atoms with Gasteiger partial charge in [0, 0.05) is 7.05 Å². The number of carbonyl (C=O) groups is 1. The molecule has 1 amide bonds. The van der Waals surface area contributed by atoms with Gasteiger partial charge < -0.3 is 15.4 Å². The van der Waals surface area contributed by atoms with Crippen LogP contribution in [-0.2, 0) is 18.9 Å². The Morgan fingerprint density at radius 3 is 2.75 bits per heavy atom. The normalized spacial score (nSPS) is 10.1. The first kappa shape index (κ1) is 13.2. The standard InChI is InChI=1S/C10H9N7O3/c1-15-7(17(19)20)4-12-10(15)8-6(3-11)9(13-5-18)16(2)14-8/h4-5H,1-2H3,(H,13,18). The van der Waals surface area contributed by atoms with Gasteiger partial charge in [-0.05, 0) is 4.92 Å². The van der Waals surface area contributed by atoms with E-state index in [9.17, 15) is 20.2 Å². The van der Waals surface area contributed by atoms with E-state index in [1.807, 2.05) is 6.07 Å². The van der Waals surface area contributed by atoms with Gasteiger partial charge in [-0.2, -0.15) is 10.4 Å². The summed E-state index contributed by atoms with van der Waals surface area (Å²) in [5, 5.41) is 26.4. The lowest BCUT2D eigenvalue weighted by Crippen LogP contribution is -2.02. The summed E-state index contributed by atoms with van der Waals surface area (Å²) >= 11 is 0. The van der Waals surface area contributed by atoms with Crippen LogP contribution in [0.3, 0.4) is 0 Å². The topological polar surface area (TPSA) is 132 Å². The molecule has 0 saturated carbocycles. The zero-order chi connectivity index (χ0) is 14.9. The molecule has 0 fully saturated rings. The fourth-order valence-electron chi connectivity index (χ4n) is 1.80. The second kappa shape index (κ2) is 4.81. The van der Waals surface area contributed by atoms with Gasteiger partial charge in [-0.15, -0.1) is 0 Å². The Labute approximate surface area is 112 Å². The van der Waals surface area contributed by atoms with Crippen molar-refractivity contribution in [1.82, 2.24) is 19.3 Å². The molecule has 0 saturated heterocycles. The highest BCUT2D eigenvalue weighted by Gasteiger charge is 2.26. The average Bonchev–Trinajstić information content (AvgIpc) is 2.91. The minimum atomic E-state index is -0.587. The number of hydrogen-bond acceptors (Lipinski definition) is 6. The van der Waals surface area contributed by atoms with Crippen LogP contribution in [-0.4, -0.2) is 30.7 Å². The maximum absolute atomic E-state index is 10.8. The number of aryl methyl sites for hydroxylation is 1. The monoisotopic (exact) mass is 275 g/mol. The molecule has 102 valence electrons. The van der Waals surface area contributed by atoms with E-state index in [2.05, 4.69) is 15.4 Å². The van der Waals surface area contributed by atoms with Crippen LogP contribution in [0.2, 0.25) is 0 Å². The predicted molar refractivity (Wildman–Crippen MR) is 66.5 cm³/mol. The van der Waals surface area contributed by atoms with Crippen molar-refractivity contribution in [3.63, 3.8) is 0 Å². The summed E-state index contributed by atoms with van der Waals surface area (Å²) in [6.07, 6.45) is 1.50. The predicted octanol–water partition coefficient (Wildman–Crippen LogP) is 0.169. The van der Waals surface area contributed by atoms with Crippen molar-refractivity contribution >= 4 is 18.0 Å². The third kappa shape index (κ3) is 1.87. The molecule has 10 heteroatoms. The van der Waals surface area contributed by atoms with Gasteiger partial charge in [0.05, 0.1) is 7.05 Å². The van der Waals surface area contributed by atoms with Crippen LogP contribution in [0, 0.1) is 21.4 Å². The fourth-order valence-corrected chi connectivity index (χ4v) is 1.80. The summed E-state index contributed by atoms with van der Waals surface area (Å²) in [6.45, 7) is 0. The molecule has 1 N–H and O–H groups in total. The molecule has 0 aliphatic rings. The van der Waals surface area contributed by atoms with Gasteiger partial charge in [0.1, 0.15) is 23.6 Å². The molecule has 20 heavy (non-hydrogen) atoms. The summed E-state index contributed by atoms with van der Waals surface area (Å²) in [4.78, 5) is 24.6. The maximum atomic E-state index is 10.8.